The Balaban J connectivity index is 2.42. The van der Waals surface area contributed by atoms with Gasteiger partial charge in [-0.25, -0.2) is 13.6 Å². The molecule has 0 aromatic heterocycles. The third kappa shape index (κ3) is 3.36. The predicted octanol–water partition coefficient (Wildman–Crippen LogP) is 2.64. The Kier molecular flexibility index (Phi) is 4.85. The minimum Gasteiger partial charge on any atom is -0.478 e. The summed E-state index contributed by atoms with van der Waals surface area (Å²) in [7, 11) is -0.794. The van der Waals surface area contributed by atoms with Gasteiger partial charge < -0.3 is 20.1 Å². The minimum absolute atomic E-state index is 0.00997. The van der Waals surface area contributed by atoms with E-state index in [9.17, 15) is 13.6 Å². The molecule has 1 aliphatic rings. The molecule has 0 saturated carbocycles. The fourth-order valence-electron chi connectivity index (χ4n) is 2.26. The Morgan fingerprint density at radius 1 is 1.21 bits per heavy atom. The molecule has 1 saturated heterocycles. The highest BCUT2D eigenvalue weighted by atomic mass is 19.1. The highest BCUT2D eigenvalue weighted by Gasteiger charge is 2.52. The van der Waals surface area contributed by atoms with Crippen molar-refractivity contribution < 1.29 is 28.0 Å². The van der Waals surface area contributed by atoms with Gasteiger partial charge in [-0.3, -0.25) is 0 Å². The first-order valence-electron chi connectivity index (χ1n) is 7.47. The molecule has 5 nitrogen and oxygen atoms in total. The van der Waals surface area contributed by atoms with Crippen LogP contribution in [0.25, 0.3) is 6.08 Å². The normalized spacial score (nSPS) is 19.6. The van der Waals surface area contributed by atoms with Crippen LogP contribution in [0.2, 0.25) is 0 Å². The van der Waals surface area contributed by atoms with E-state index in [2.05, 4.69) is 0 Å². The maximum Gasteiger partial charge on any atom is 0.491 e. The number of rotatable bonds is 4. The standard InChI is InChI=1S/C16H20BF2NO4/c1-15(2)16(3,4)24-17(23-15)10(8-20)5-9-6-11(14(21)22)13(19)7-12(9)18/h5-7H,8,20H2,1-4H3,(H,21,22). The summed E-state index contributed by atoms with van der Waals surface area (Å²) in [6.45, 7) is 7.46. The van der Waals surface area contributed by atoms with Crippen molar-refractivity contribution in [3.63, 3.8) is 0 Å². The third-order valence-electron chi connectivity index (χ3n) is 4.45. The lowest BCUT2D eigenvalue weighted by Gasteiger charge is -2.32. The van der Waals surface area contributed by atoms with E-state index in [0.717, 1.165) is 6.07 Å². The maximum absolute atomic E-state index is 14.0. The van der Waals surface area contributed by atoms with Gasteiger partial charge in [0.15, 0.2) is 0 Å². The lowest BCUT2D eigenvalue weighted by atomic mass is 9.77. The molecule has 0 amide bonds. The van der Waals surface area contributed by atoms with Gasteiger partial charge in [0.25, 0.3) is 0 Å². The summed E-state index contributed by atoms with van der Waals surface area (Å²) in [5.74, 6) is -3.51. The predicted molar refractivity (Wildman–Crippen MR) is 86.4 cm³/mol. The van der Waals surface area contributed by atoms with Gasteiger partial charge in [-0.1, -0.05) is 6.08 Å². The zero-order valence-electron chi connectivity index (χ0n) is 14.0. The van der Waals surface area contributed by atoms with Gasteiger partial charge in [0.1, 0.15) is 11.6 Å². The SMILES string of the molecule is CC1(C)OB(C(=Cc2cc(C(=O)O)c(F)cc2F)CN)OC1(C)C. The molecule has 24 heavy (non-hydrogen) atoms. The van der Waals surface area contributed by atoms with Gasteiger partial charge in [-0.05, 0) is 39.2 Å². The van der Waals surface area contributed by atoms with E-state index in [1.165, 1.54) is 6.08 Å². The molecule has 1 fully saturated rings. The zero-order valence-corrected chi connectivity index (χ0v) is 14.0. The van der Waals surface area contributed by atoms with E-state index in [-0.39, 0.29) is 12.1 Å². The summed E-state index contributed by atoms with van der Waals surface area (Å²) in [4.78, 5) is 11.0. The van der Waals surface area contributed by atoms with E-state index < -0.39 is 41.5 Å². The number of benzene rings is 1. The van der Waals surface area contributed by atoms with Crippen LogP contribution in [0.5, 0.6) is 0 Å². The van der Waals surface area contributed by atoms with Crippen LogP contribution in [0.15, 0.2) is 17.6 Å². The topological polar surface area (TPSA) is 81.8 Å². The molecule has 1 aromatic carbocycles. The largest absolute Gasteiger partial charge is 0.491 e. The van der Waals surface area contributed by atoms with Gasteiger partial charge in [0, 0.05) is 18.2 Å². The molecule has 0 atom stereocenters. The summed E-state index contributed by atoms with van der Waals surface area (Å²) in [6, 6.07) is 1.46. The van der Waals surface area contributed by atoms with Gasteiger partial charge in [0.05, 0.1) is 16.8 Å². The fraction of sp³-hybridized carbons (Fsp3) is 0.438. The molecule has 2 rings (SSSR count). The van der Waals surface area contributed by atoms with Crippen LogP contribution in [-0.4, -0.2) is 35.9 Å². The number of nitrogens with two attached hydrogens (primary N) is 1. The highest BCUT2D eigenvalue weighted by Crippen LogP contribution is 2.38. The van der Waals surface area contributed by atoms with Crippen molar-refractivity contribution in [2.45, 2.75) is 38.9 Å². The summed E-state index contributed by atoms with van der Waals surface area (Å²) in [6.07, 6.45) is 1.34. The number of hydrogen-bond donors (Lipinski definition) is 2. The molecule has 0 aliphatic carbocycles. The van der Waals surface area contributed by atoms with Crippen molar-refractivity contribution in [2.75, 3.05) is 6.54 Å². The molecular formula is C16H20BF2NO4. The van der Waals surface area contributed by atoms with Gasteiger partial charge in [-0.15, -0.1) is 0 Å². The molecule has 0 radical (unpaired) electrons. The van der Waals surface area contributed by atoms with Crippen LogP contribution < -0.4 is 5.73 Å². The Morgan fingerprint density at radius 3 is 2.21 bits per heavy atom. The Labute approximate surface area is 139 Å². The summed E-state index contributed by atoms with van der Waals surface area (Å²) in [5, 5.41) is 8.96. The van der Waals surface area contributed by atoms with Gasteiger partial charge in [-0.2, -0.15) is 0 Å². The maximum atomic E-state index is 14.0. The molecule has 0 spiro atoms. The van der Waals surface area contributed by atoms with Crippen molar-refractivity contribution in [2.24, 2.45) is 5.73 Å². The molecule has 0 unspecified atom stereocenters. The van der Waals surface area contributed by atoms with Crippen LogP contribution in [0.4, 0.5) is 8.78 Å². The van der Waals surface area contributed by atoms with E-state index in [0.29, 0.717) is 11.5 Å². The third-order valence-corrected chi connectivity index (χ3v) is 4.45. The fourth-order valence-corrected chi connectivity index (χ4v) is 2.26. The van der Waals surface area contributed by atoms with Crippen LogP contribution in [0.1, 0.15) is 43.6 Å². The van der Waals surface area contributed by atoms with E-state index in [1.54, 1.807) is 0 Å². The Hall–Kier alpha value is -1.77. The van der Waals surface area contributed by atoms with Crippen molar-refractivity contribution in [3.05, 3.63) is 40.4 Å². The number of aromatic carboxylic acids is 1. The van der Waals surface area contributed by atoms with E-state index in [1.807, 2.05) is 27.7 Å². The molecule has 0 bridgehead atoms. The van der Waals surface area contributed by atoms with E-state index >= 15 is 0 Å². The first-order chi connectivity index (χ1) is 11.0. The second-order valence-electron chi connectivity index (χ2n) is 6.67. The Morgan fingerprint density at radius 2 is 1.75 bits per heavy atom. The molecule has 1 aromatic rings. The highest BCUT2D eigenvalue weighted by molar-refractivity contribution is 6.55. The van der Waals surface area contributed by atoms with E-state index in [4.69, 9.17) is 20.1 Å². The van der Waals surface area contributed by atoms with Crippen LogP contribution in [-0.2, 0) is 9.31 Å². The molecule has 1 aliphatic heterocycles. The number of carboxylic acids is 1. The summed E-state index contributed by atoms with van der Waals surface area (Å²) in [5.41, 5.74) is 4.23. The first-order valence-corrected chi connectivity index (χ1v) is 7.47. The monoisotopic (exact) mass is 339 g/mol. The number of hydrogen-bond acceptors (Lipinski definition) is 4. The van der Waals surface area contributed by atoms with Crippen LogP contribution in [0.3, 0.4) is 0 Å². The van der Waals surface area contributed by atoms with Gasteiger partial charge in [0.2, 0.25) is 0 Å². The average molecular weight is 339 g/mol. The average Bonchev–Trinajstić information content (AvgIpc) is 2.66. The quantitative estimate of drug-likeness (QED) is 0.824. The lowest BCUT2D eigenvalue weighted by molar-refractivity contribution is 0.00578. The van der Waals surface area contributed by atoms with Crippen molar-refractivity contribution in [1.82, 2.24) is 0 Å². The first kappa shape index (κ1) is 18.6. The van der Waals surface area contributed by atoms with Crippen LogP contribution >= 0.6 is 0 Å². The molecule has 8 heteroatoms. The minimum atomic E-state index is -1.48. The van der Waals surface area contributed by atoms with Crippen LogP contribution in [0, 0.1) is 11.6 Å². The smallest absolute Gasteiger partial charge is 0.478 e. The number of carboxylic acid groups (broad SMARTS) is 1. The van der Waals surface area contributed by atoms with Gasteiger partial charge >= 0.3 is 13.1 Å². The second-order valence-corrected chi connectivity index (χ2v) is 6.67. The van der Waals surface area contributed by atoms with Crippen molar-refractivity contribution in [3.8, 4) is 0 Å². The molecular weight excluding hydrogens is 319 g/mol. The molecule has 1 heterocycles. The molecule has 3 N–H and O–H groups in total. The number of carbonyl (C=O) groups is 1. The summed E-state index contributed by atoms with van der Waals surface area (Å²) >= 11 is 0. The summed E-state index contributed by atoms with van der Waals surface area (Å²) < 4.78 is 39.2. The Bertz CT molecular complexity index is 688. The lowest BCUT2D eigenvalue weighted by Crippen LogP contribution is -2.41. The number of halogens is 2. The zero-order chi connectivity index (χ0) is 18.3. The van der Waals surface area contributed by atoms with Crippen molar-refractivity contribution >= 4 is 19.2 Å². The second kappa shape index (κ2) is 6.27. The van der Waals surface area contributed by atoms with Crippen molar-refractivity contribution in [1.29, 1.82) is 0 Å². The molecule has 130 valence electrons.